The zero-order valence-corrected chi connectivity index (χ0v) is 8.07. The van der Waals surface area contributed by atoms with Crippen LogP contribution in [0.25, 0.3) is 0 Å². The molecule has 14 heavy (non-hydrogen) atoms. The Balaban J connectivity index is 2.17. The van der Waals surface area contributed by atoms with Gasteiger partial charge in [0.15, 0.2) is 12.0 Å². The summed E-state index contributed by atoms with van der Waals surface area (Å²) in [6, 6.07) is 3.38. The van der Waals surface area contributed by atoms with Gasteiger partial charge in [-0.25, -0.2) is 0 Å². The van der Waals surface area contributed by atoms with Crippen molar-refractivity contribution in [3.8, 4) is 0 Å². The Bertz CT molecular complexity index is 288. The fraction of sp³-hybridized carbons (Fsp3) is 0.364. The van der Waals surface area contributed by atoms with Crippen molar-refractivity contribution < 1.29 is 13.9 Å². The predicted octanol–water partition coefficient (Wildman–Crippen LogP) is 2.57. The third kappa shape index (κ3) is 3.58. The lowest BCUT2D eigenvalue weighted by molar-refractivity contribution is 0.100. The molecule has 0 N–H and O–H groups in total. The lowest BCUT2D eigenvalue weighted by Gasteiger charge is -1.99. The number of unbranched alkanes of at least 4 members (excludes halogenated alkanes) is 1. The first-order valence-electron chi connectivity index (χ1n) is 4.59. The molecule has 0 aliphatic heterocycles. The third-order valence-electron chi connectivity index (χ3n) is 1.74. The molecule has 0 aliphatic carbocycles. The van der Waals surface area contributed by atoms with Gasteiger partial charge in [-0.15, -0.1) is 6.58 Å². The Labute approximate surface area is 83.4 Å². The maximum atomic E-state index is 10.3. The van der Waals surface area contributed by atoms with Crippen molar-refractivity contribution in [2.75, 3.05) is 6.61 Å². The molecular formula is C11H14O3. The number of ether oxygens (including phenoxy) is 1. The van der Waals surface area contributed by atoms with Crippen LogP contribution in [-0.4, -0.2) is 12.9 Å². The number of aldehydes is 1. The lowest BCUT2D eigenvalue weighted by atomic mass is 10.3. The molecule has 0 fully saturated rings. The molecule has 1 aromatic heterocycles. The summed E-state index contributed by atoms with van der Waals surface area (Å²) in [7, 11) is 0. The van der Waals surface area contributed by atoms with Crippen molar-refractivity contribution in [1.29, 1.82) is 0 Å². The Morgan fingerprint density at radius 3 is 3.00 bits per heavy atom. The smallest absolute Gasteiger partial charge is 0.185 e. The highest BCUT2D eigenvalue weighted by Gasteiger charge is 1.99. The molecule has 0 amide bonds. The van der Waals surface area contributed by atoms with Gasteiger partial charge in [-0.1, -0.05) is 6.08 Å². The van der Waals surface area contributed by atoms with Gasteiger partial charge in [0, 0.05) is 6.61 Å². The van der Waals surface area contributed by atoms with Crippen LogP contribution in [0.2, 0.25) is 0 Å². The quantitative estimate of drug-likeness (QED) is 0.380. The Morgan fingerprint density at radius 1 is 1.50 bits per heavy atom. The second kappa shape index (κ2) is 6.16. The van der Waals surface area contributed by atoms with Crippen LogP contribution >= 0.6 is 0 Å². The average molecular weight is 194 g/mol. The van der Waals surface area contributed by atoms with Gasteiger partial charge in [0.1, 0.15) is 12.4 Å². The molecule has 1 heterocycles. The number of carbonyl (C=O) groups excluding carboxylic acids is 1. The van der Waals surface area contributed by atoms with Gasteiger partial charge in [-0.05, 0) is 25.0 Å². The van der Waals surface area contributed by atoms with E-state index in [9.17, 15) is 4.79 Å². The van der Waals surface area contributed by atoms with Crippen LogP contribution in [0.3, 0.4) is 0 Å². The minimum Gasteiger partial charge on any atom is -0.456 e. The summed E-state index contributed by atoms with van der Waals surface area (Å²) in [5, 5.41) is 0. The first-order chi connectivity index (χ1) is 6.86. The summed E-state index contributed by atoms with van der Waals surface area (Å²) in [5.74, 6) is 1.03. The Kier molecular flexibility index (Phi) is 4.72. The first kappa shape index (κ1) is 10.7. The summed E-state index contributed by atoms with van der Waals surface area (Å²) in [6.07, 6.45) is 4.46. The SMILES string of the molecule is C=CCCCOCc1ccc(C=O)o1. The molecule has 76 valence electrons. The monoisotopic (exact) mass is 194 g/mol. The molecule has 0 bridgehead atoms. The molecule has 0 atom stereocenters. The van der Waals surface area contributed by atoms with E-state index < -0.39 is 0 Å². The molecule has 0 aliphatic rings. The van der Waals surface area contributed by atoms with Crippen LogP contribution in [0.4, 0.5) is 0 Å². The van der Waals surface area contributed by atoms with Crippen LogP contribution < -0.4 is 0 Å². The van der Waals surface area contributed by atoms with E-state index in [4.69, 9.17) is 9.15 Å². The van der Waals surface area contributed by atoms with Crippen molar-refractivity contribution in [2.45, 2.75) is 19.4 Å². The lowest BCUT2D eigenvalue weighted by Crippen LogP contribution is -1.93. The van der Waals surface area contributed by atoms with Gasteiger partial charge in [0.2, 0.25) is 0 Å². The van der Waals surface area contributed by atoms with Gasteiger partial charge >= 0.3 is 0 Å². The molecule has 0 spiro atoms. The molecule has 1 aromatic rings. The van der Waals surface area contributed by atoms with Crippen molar-refractivity contribution in [3.63, 3.8) is 0 Å². The van der Waals surface area contributed by atoms with Crippen molar-refractivity contribution in [3.05, 3.63) is 36.3 Å². The first-order valence-corrected chi connectivity index (χ1v) is 4.59. The number of hydrogen-bond donors (Lipinski definition) is 0. The molecule has 0 saturated heterocycles. The van der Waals surface area contributed by atoms with E-state index in [1.807, 2.05) is 6.08 Å². The van der Waals surface area contributed by atoms with E-state index in [0.717, 1.165) is 12.8 Å². The highest BCUT2D eigenvalue weighted by molar-refractivity contribution is 5.70. The minimum atomic E-state index is 0.342. The van der Waals surface area contributed by atoms with Crippen LogP contribution in [0.1, 0.15) is 29.2 Å². The van der Waals surface area contributed by atoms with E-state index in [2.05, 4.69) is 6.58 Å². The number of rotatable bonds is 7. The van der Waals surface area contributed by atoms with E-state index in [0.29, 0.717) is 31.0 Å². The molecule has 3 heteroatoms. The van der Waals surface area contributed by atoms with Gasteiger partial charge < -0.3 is 9.15 Å². The standard InChI is InChI=1S/C11H14O3/c1-2-3-4-7-13-9-11-6-5-10(8-12)14-11/h2,5-6,8H,1,3-4,7,9H2. The third-order valence-corrected chi connectivity index (χ3v) is 1.74. The fourth-order valence-electron chi connectivity index (χ4n) is 1.04. The largest absolute Gasteiger partial charge is 0.456 e. The molecule has 0 unspecified atom stereocenters. The van der Waals surface area contributed by atoms with Gasteiger partial charge in [-0.3, -0.25) is 4.79 Å². The second-order valence-corrected chi connectivity index (χ2v) is 2.91. The second-order valence-electron chi connectivity index (χ2n) is 2.91. The predicted molar refractivity (Wildman–Crippen MR) is 53.2 cm³/mol. The maximum absolute atomic E-state index is 10.3. The summed E-state index contributed by atoms with van der Waals surface area (Å²) in [4.78, 5) is 10.3. The van der Waals surface area contributed by atoms with Gasteiger partial charge in [-0.2, -0.15) is 0 Å². The Hall–Kier alpha value is -1.35. The maximum Gasteiger partial charge on any atom is 0.185 e. The summed E-state index contributed by atoms with van der Waals surface area (Å²) >= 11 is 0. The van der Waals surface area contributed by atoms with E-state index in [1.54, 1.807) is 12.1 Å². The molecular weight excluding hydrogens is 180 g/mol. The number of furan rings is 1. The zero-order valence-electron chi connectivity index (χ0n) is 8.07. The number of hydrogen-bond acceptors (Lipinski definition) is 3. The van der Waals surface area contributed by atoms with Crippen molar-refractivity contribution in [2.24, 2.45) is 0 Å². The number of allylic oxidation sites excluding steroid dienone is 1. The van der Waals surface area contributed by atoms with Gasteiger partial charge in [0.25, 0.3) is 0 Å². The Morgan fingerprint density at radius 2 is 2.36 bits per heavy atom. The molecule has 0 aromatic carbocycles. The molecule has 0 saturated carbocycles. The topological polar surface area (TPSA) is 39.4 Å². The van der Waals surface area contributed by atoms with Crippen LogP contribution in [0.15, 0.2) is 29.2 Å². The highest BCUT2D eigenvalue weighted by atomic mass is 16.5. The van der Waals surface area contributed by atoms with Crippen LogP contribution in [-0.2, 0) is 11.3 Å². The molecule has 1 rings (SSSR count). The molecule has 0 radical (unpaired) electrons. The fourth-order valence-corrected chi connectivity index (χ4v) is 1.04. The summed E-state index contributed by atoms with van der Waals surface area (Å²) < 4.78 is 10.4. The number of carbonyl (C=O) groups is 1. The summed E-state index contributed by atoms with van der Waals surface area (Å²) in [5.41, 5.74) is 0. The van der Waals surface area contributed by atoms with Crippen LogP contribution in [0.5, 0.6) is 0 Å². The summed E-state index contributed by atoms with van der Waals surface area (Å²) in [6.45, 7) is 4.72. The zero-order chi connectivity index (χ0) is 10.2. The normalized spacial score (nSPS) is 10.0. The highest BCUT2D eigenvalue weighted by Crippen LogP contribution is 2.07. The molecule has 3 nitrogen and oxygen atoms in total. The van der Waals surface area contributed by atoms with E-state index in [-0.39, 0.29) is 0 Å². The minimum absolute atomic E-state index is 0.342. The van der Waals surface area contributed by atoms with Crippen LogP contribution in [0, 0.1) is 0 Å². The van der Waals surface area contributed by atoms with E-state index >= 15 is 0 Å². The van der Waals surface area contributed by atoms with Crippen molar-refractivity contribution in [1.82, 2.24) is 0 Å². The van der Waals surface area contributed by atoms with Crippen molar-refractivity contribution >= 4 is 6.29 Å². The average Bonchev–Trinajstić information content (AvgIpc) is 2.65. The van der Waals surface area contributed by atoms with Gasteiger partial charge in [0.05, 0.1) is 0 Å². The van der Waals surface area contributed by atoms with E-state index in [1.165, 1.54) is 0 Å².